The Morgan fingerprint density at radius 2 is 2.24 bits per heavy atom. The summed E-state index contributed by atoms with van der Waals surface area (Å²) < 4.78 is 0. The van der Waals surface area contributed by atoms with Gasteiger partial charge in [0.05, 0.1) is 5.75 Å². The molecule has 1 aromatic heterocycles. The van der Waals surface area contributed by atoms with Crippen LogP contribution in [0.4, 0.5) is 0 Å². The van der Waals surface area contributed by atoms with Gasteiger partial charge in [0, 0.05) is 24.7 Å². The molecule has 1 heterocycles. The summed E-state index contributed by atoms with van der Waals surface area (Å²) in [5, 5.41) is 8.77. The van der Waals surface area contributed by atoms with E-state index in [9.17, 15) is 9.59 Å². The van der Waals surface area contributed by atoms with Gasteiger partial charge in [-0.1, -0.05) is 0 Å². The molecule has 0 aliphatic carbocycles. The standard InChI is InChI=1S/C11H14N2O3S/c1-3-13(2)10(14)7-17-8-4-5-12-9(6-8)11(15)16/h4-6H,3,7H2,1-2H3,(H,15,16). The van der Waals surface area contributed by atoms with Crippen LogP contribution in [-0.2, 0) is 4.79 Å². The molecule has 6 heteroatoms. The molecule has 0 atom stereocenters. The Morgan fingerprint density at radius 1 is 1.53 bits per heavy atom. The van der Waals surface area contributed by atoms with E-state index in [2.05, 4.69) is 4.98 Å². The van der Waals surface area contributed by atoms with Gasteiger partial charge >= 0.3 is 5.97 Å². The quantitative estimate of drug-likeness (QED) is 0.803. The van der Waals surface area contributed by atoms with Gasteiger partial charge in [0.15, 0.2) is 0 Å². The van der Waals surface area contributed by atoms with E-state index in [4.69, 9.17) is 5.11 Å². The first-order chi connectivity index (χ1) is 8.04. The smallest absolute Gasteiger partial charge is 0.354 e. The lowest BCUT2D eigenvalue weighted by atomic mass is 10.3. The summed E-state index contributed by atoms with van der Waals surface area (Å²) in [4.78, 5) is 28.3. The fourth-order valence-electron chi connectivity index (χ4n) is 1.05. The predicted molar refractivity (Wildman–Crippen MR) is 65.2 cm³/mol. The van der Waals surface area contributed by atoms with Gasteiger partial charge in [-0.15, -0.1) is 11.8 Å². The highest BCUT2D eigenvalue weighted by Crippen LogP contribution is 2.18. The lowest BCUT2D eigenvalue weighted by Gasteiger charge is -2.13. The summed E-state index contributed by atoms with van der Waals surface area (Å²) >= 11 is 1.31. The molecule has 17 heavy (non-hydrogen) atoms. The molecule has 0 aliphatic heterocycles. The number of nitrogens with zero attached hydrogens (tertiary/aromatic N) is 2. The zero-order valence-electron chi connectivity index (χ0n) is 9.71. The van der Waals surface area contributed by atoms with E-state index in [-0.39, 0.29) is 11.6 Å². The van der Waals surface area contributed by atoms with Gasteiger partial charge in [0.25, 0.3) is 0 Å². The molecule has 1 amide bonds. The predicted octanol–water partition coefficient (Wildman–Crippen LogP) is 1.35. The van der Waals surface area contributed by atoms with Crippen LogP contribution < -0.4 is 0 Å². The van der Waals surface area contributed by atoms with Crippen LogP contribution in [0.5, 0.6) is 0 Å². The number of amides is 1. The highest BCUT2D eigenvalue weighted by molar-refractivity contribution is 8.00. The average Bonchev–Trinajstić information content (AvgIpc) is 2.35. The van der Waals surface area contributed by atoms with E-state index in [0.717, 1.165) is 4.90 Å². The van der Waals surface area contributed by atoms with Crippen molar-refractivity contribution in [2.24, 2.45) is 0 Å². The van der Waals surface area contributed by atoms with Gasteiger partial charge in [-0.2, -0.15) is 0 Å². The fourth-order valence-corrected chi connectivity index (χ4v) is 1.91. The molecule has 92 valence electrons. The molecular formula is C11H14N2O3S. The van der Waals surface area contributed by atoms with Crippen LogP contribution in [0.15, 0.2) is 23.2 Å². The van der Waals surface area contributed by atoms with Crippen molar-refractivity contribution in [2.45, 2.75) is 11.8 Å². The van der Waals surface area contributed by atoms with E-state index in [0.29, 0.717) is 12.3 Å². The first kappa shape index (κ1) is 13.5. The van der Waals surface area contributed by atoms with Crippen LogP contribution in [0.2, 0.25) is 0 Å². The number of hydrogen-bond acceptors (Lipinski definition) is 4. The van der Waals surface area contributed by atoms with Crippen LogP contribution in [0.1, 0.15) is 17.4 Å². The molecule has 0 aromatic carbocycles. The van der Waals surface area contributed by atoms with Crippen LogP contribution in [0.3, 0.4) is 0 Å². The van der Waals surface area contributed by atoms with Crippen LogP contribution in [0.25, 0.3) is 0 Å². The van der Waals surface area contributed by atoms with Crippen molar-refractivity contribution in [3.63, 3.8) is 0 Å². The fraction of sp³-hybridized carbons (Fsp3) is 0.364. The van der Waals surface area contributed by atoms with Crippen molar-refractivity contribution < 1.29 is 14.7 Å². The molecule has 0 unspecified atom stereocenters. The van der Waals surface area contributed by atoms with Gasteiger partial charge in [0.2, 0.25) is 5.91 Å². The van der Waals surface area contributed by atoms with Crippen molar-refractivity contribution in [3.8, 4) is 0 Å². The molecule has 1 N–H and O–H groups in total. The van der Waals surface area contributed by atoms with Crippen molar-refractivity contribution >= 4 is 23.6 Å². The number of hydrogen-bond donors (Lipinski definition) is 1. The topological polar surface area (TPSA) is 70.5 Å². The summed E-state index contributed by atoms with van der Waals surface area (Å²) in [5.74, 6) is -0.747. The number of carbonyl (C=O) groups is 2. The minimum absolute atomic E-state index is 0.00806. The van der Waals surface area contributed by atoms with Gasteiger partial charge in [-0.3, -0.25) is 4.79 Å². The third kappa shape index (κ3) is 4.07. The Kier molecular flexibility index (Phi) is 4.96. The largest absolute Gasteiger partial charge is 0.477 e. The van der Waals surface area contributed by atoms with Crippen molar-refractivity contribution in [2.75, 3.05) is 19.3 Å². The molecular weight excluding hydrogens is 240 g/mol. The van der Waals surface area contributed by atoms with Crippen LogP contribution in [-0.4, -0.2) is 46.2 Å². The number of thioether (sulfide) groups is 1. The summed E-state index contributed by atoms with van der Waals surface area (Å²) in [6, 6.07) is 3.16. The van der Waals surface area contributed by atoms with E-state index >= 15 is 0 Å². The van der Waals surface area contributed by atoms with Crippen molar-refractivity contribution in [1.82, 2.24) is 9.88 Å². The number of carbonyl (C=O) groups excluding carboxylic acids is 1. The SMILES string of the molecule is CCN(C)C(=O)CSc1ccnc(C(=O)O)c1. The number of aromatic carboxylic acids is 1. The van der Waals surface area contributed by atoms with Gasteiger partial charge in [-0.25, -0.2) is 9.78 Å². The Morgan fingerprint density at radius 3 is 2.82 bits per heavy atom. The normalized spacial score (nSPS) is 10.0. The minimum Gasteiger partial charge on any atom is -0.477 e. The molecule has 0 fully saturated rings. The Hall–Kier alpha value is -1.56. The third-order valence-corrected chi connectivity index (χ3v) is 3.19. The maximum absolute atomic E-state index is 11.5. The highest BCUT2D eigenvalue weighted by atomic mass is 32.2. The summed E-state index contributed by atoms with van der Waals surface area (Å²) in [5.41, 5.74) is -0.00806. The second-order valence-corrected chi connectivity index (χ2v) is 4.43. The van der Waals surface area contributed by atoms with Crippen LogP contribution >= 0.6 is 11.8 Å². The van der Waals surface area contributed by atoms with Crippen molar-refractivity contribution in [1.29, 1.82) is 0 Å². The van der Waals surface area contributed by atoms with Gasteiger partial charge < -0.3 is 10.0 Å². The number of carboxylic acids is 1. The molecule has 0 saturated carbocycles. The van der Waals surface area contributed by atoms with Crippen LogP contribution in [0, 0.1) is 0 Å². The molecule has 0 spiro atoms. The van der Waals surface area contributed by atoms with E-state index in [1.807, 2.05) is 6.92 Å². The zero-order valence-corrected chi connectivity index (χ0v) is 10.5. The van der Waals surface area contributed by atoms with E-state index in [1.165, 1.54) is 24.0 Å². The summed E-state index contributed by atoms with van der Waals surface area (Å²) in [7, 11) is 1.73. The second-order valence-electron chi connectivity index (χ2n) is 3.38. The summed E-state index contributed by atoms with van der Waals surface area (Å²) in [6.45, 7) is 2.56. The van der Waals surface area contributed by atoms with Gasteiger partial charge in [0.1, 0.15) is 5.69 Å². The Balaban J connectivity index is 2.60. The lowest BCUT2D eigenvalue weighted by Crippen LogP contribution is -2.27. The Labute approximate surface area is 104 Å². The molecule has 5 nitrogen and oxygen atoms in total. The Bertz CT molecular complexity index is 423. The number of rotatable bonds is 5. The average molecular weight is 254 g/mol. The molecule has 0 aliphatic rings. The van der Waals surface area contributed by atoms with Gasteiger partial charge in [-0.05, 0) is 19.1 Å². The number of carboxylic acid groups (broad SMARTS) is 1. The first-order valence-electron chi connectivity index (χ1n) is 5.10. The maximum Gasteiger partial charge on any atom is 0.354 e. The molecule has 1 rings (SSSR count). The van der Waals surface area contributed by atoms with E-state index < -0.39 is 5.97 Å². The molecule has 0 bridgehead atoms. The lowest BCUT2D eigenvalue weighted by molar-refractivity contribution is -0.126. The summed E-state index contributed by atoms with van der Waals surface area (Å²) in [6.07, 6.45) is 1.43. The second kappa shape index (κ2) is 6.24. The monoisotopic (exact) mass is 254 g/mol. The minimum atomic E-state index is -1.07. The highest BCUT2D eigenvalue weighted by Gasteiger charge is 2.09. The number of aromatic nitrogens is 1. The molecule has 0 radical (unpaired) electrons. The molecule has 0 saturated heterocycles. The van der Waals surface area contributed by atoms with Crippen molar-refractivity contribution in [3.05, 3.63) is 24.0 Å². The van der Waals surface area contributed by atoms with E-state index in [1.54, 1.807) is 18.0 Å². The number of pyridine rings is 1. The first-order valence-corrected chi connectivity index (χ1v) is 6.09. The molecule has 1 aromatic rings. The third-order valence-electron chi connectivity index (χ3n) is 2.21. The zero-order chi connectivity index (χ0) is 12.8. The maximum atomic E-state index is 11.5.